The number of allylic oxidation sites excluding steroid dienone is 1. The van der Waals surface area contributed by atoms with Gasteiger partial charge in [-0.3, -0.25) is 5.10 Å². The van der Waals surface area contributed by atoms with E-state index in [0.29, 0.717) is 28.8 Å². The predicted molar refractivity (Wildman–Crippen MR) is 113 cm³/mol. The second-order valence-corrected chi connectivity index (χ2v) is 7.82. The molecule has 1 aliphatic rings. The van der Waals surface area contributed by atoms with E-state index >= 15 is 0 Å². The van der Waals surface area contributed by atoms with Crippen LogP contribution in [0.15, 0.2) is 58.4 Å². The lowest BCUT2D eigenvalue weighted by atomic mass is 9.84. The number of fused-ring (bicyclic) bond motifs is 1. The molecular weight excluding hydrogens is 456 g/mol. The number of aromatic nitrogens is 2. The van der Waals surface area contributed by atoms with Crippen LogP contribution in [0.25, 0.3) is 0 Å². The fraction of sp³-hybridized carbons (Fsp3) is 0.143. The van der Waals surface area contributed by atoms with Crippen molar-refractivity contribution in [3.63, 3.8) is 0 Å². The molecule has 0 spiro atoms. The van der Waals surface area contributed by atoms with Crippen molar-refractivity contribution in [2.45, 2.75) is 19.4 Å². The number of hydrogen-bond donors (Lipinski definition) is 2. The molecule has 0 saturated carbocycles. The van der Waals surface area contributed by atoms with E-state index in [2.05, 4.69) is 32.2 Å². The molecule has 0 fully saturated rings. The third-order valence-corrected chi connectivity index (χ3v) is 5.75. The van der Waals surface area contributed by atoms with Crippen LogP contribution in [0, 0.1) is 18.3 Å². The minimum Gasteiger partial charge on any atom is -0.488 e. The quantitative estimate of drug-likeness (QED) is 0.562. The van der Waals surface area contributed by atoms with E-state index in [0.717, 1.165) is 26.9 Å². The minimum atomic E-state index is -0.378. The molecule has 0 radical (unpaired) electrons. The van der Waals surface area contributed by atoms with Gasteiger partial charge in [0.25, 0.3) is 0 Å². The van der Waals surface area contributed by atoms with E-state index in [1.165, 1.54) is 0 Å². The molecular formula is C21H16BrClN4O2. The smallest absolute Gasteiger partial charge is 0.244 e. The molecule has 2 heterocycles. The van der Waals surface area contributed by atoms with Gasteiger partial charge in [0.05, 0.1) is 10.4 Å². The summed E-state index contributed by atoms with van der Waals surface area (Å²) in [6, 6.07) is 15.4. The van der Waals surface area contributed by atoms with Crippen molar-refractivity contribution in [3.8, 4) is 17.7 Å². The Bertz CT molecular complexity index is 1170. The zero-order valence-corrected chi connectivity index (χ0v) is 17.7. The lowest BCUT2D eigenvalue weighted by Crippen LogP contribution is -2.21. The second kappa shape index (κ2) is 7.82. The number of nitriles is 1. The number of nitrogens with zero attached hydrogens (tertiary/aromatic N) is 2. The summed E-state index contributed by atoms with van der Waals surface area (Å²) >= 11 is 9.76. The Hall–Kier alpha value is -2.95. The largest absolute Gasteiger partial charge is 0.488 e. The van der Waals surface area contributed by atoms with Crippen molar-refractivity contribution < 1.29 is 9.47 Å². The van der Waals surface area contributed by atoms with E-state index in [9.17, 15) is 5.26 Å². The first-order valence-electron chi connectivity index (χ1n) is 8.77. The number of ether oxygens (including phenoxy) is 2. The van der Waals surface area contributed by atoms with Gasteiger partial charge in [-0.25, -0.2) is 0 Å². The molecule has 1 aromatic heterocycles. The average molecular weight is 472 g/mol. The van der Waals surface area contributed by atoms with Crippen LogP contribution in [0.1, 0.15) is 28.3 Å². The Balaban J connectivity index is 1.66. The molecule has 0 amide bonds. The summed E-state index contributed by atoms with van der Waals surface area (Å²) in [6.45, 7) is 2.23. The van der Waals surface area contributed by atoms with Gasteiger partial charge in [-0.15, -0.1) is 5.10 Å². The Morgan fingerprint density at radius 1 is 1.34 bits per heavy atom. The highest BCUT2D eigenvalue weighted by Gasteiger charge is 2.34. The first kappa shape index (κ1) is 19.4. The van der Waals surface area contributed by atoms with E-state index in [-0.39, 0.29) is 11.8 Å². The van der Waals surface area contributed by atoms with Crippen molar-refractivity contribution in [1.29, 1.82) is 5.26 Å². The Morgan fingerprint density at radius 2 is 2.14 bits per heavy atom. The van der Waals surface area contributed by atoms with Crippen LogP contribution in [0.2, 0.25) is 5.02 Å². The van der Waals surface area contributed by atoms with Crippen molar-refractivity contribution >= 4 is 27.5 Å². The number of aromatic amines is 1. The fourth-order valence-corrected chi connectivity index (χ4v) is 4.02. The molecule has 3 N–H and O–H groups in total. The molecule has 8 heteroatoms. The molecule has 146 valence electrons. The summed E-state index contributed by atoms with van der Waals surface area (Å²) in [4.78, 5) is 0. The monoisotopic (exact) mass is 470 g/mol. The molecule has 1 atom stereocenters. The molecule has 1 unspecified atom stereocenters. The minimum absolute atomic E-state index is 0.0617. The first-order valence-corrected chi connectivity index (χ1v) is 9.94. The van der Waals surface area contributed by atoms with E-state index in [1.807, 2.05) is 49.4 Å². The van der Waals surface area contributed by atoms with Crippen LogP contribution in [-0.4, -0.2) is 10.2 Å². The van der Waals surface area contributed by atoms with Crippen molar-refractivity contribution in [1.82, 2.24) is 10.2 Å². The van der Waals surface area contributed by atoms with Gasteiger partial charge >= 0.3 is 0 Å². The number of H-pyrrole nitrogens is 1. The topological polar surface area (TPSA) is 97.0 Å². The SMILES string of the molecule is Cc1[nH]nc2c1C(c1ccc(OCc3ccccc3Cl)c(Br)c1)C(C#N)=C(N)O2. The Kier molecular flexibility index (Phi) is 5.22. The summed E-state index contributed by atoms with van der Waals surface area (Å²) in [5.41, 5.74) is 9.70. The average Bonchev–Trinajstić information content (AvgIpc) is 3.07. The van der Waals surface area contributed by atoms with Gasteiger partial charge in [0.2, 0.25) is 11.8 Å². The van der Waals surface area contributed by atoms with Crippen LogP contribution in [0.4, 0.5) is 0 Å². The Morgan fingerprint density at radius 3 is 2.86 bits per heavy atom. The standard InChI is InChI=1S/C21H16BrClN4O2/c1-11-18-19(14(9-24)20(25)29-21(18)27-26-11)12-6-7-17(15(22)8-12)28-10-13-4-2-3-5-16(13)23/h2-8,19H,10,25H2,1H3,(H,26,27). The summed E-state index contributed by atoms with van der Waals surface area (Å²) in [5, 5.41) is 17.4. The highest BCUT2D eigenvalue weighted by atomic mass is 79.9. The maximum Gasteiger partial charge on any atom is 0.244 e. The number of halogens is 2. The lowest BCUT2D eigenvalue weighted by molar-refractivity contribution is 0.304. The van der Waals surface area contributed by atoms with Gasteiger partial charge in [0, 0.05) is 21.8 Å². The van der Waals surface area contributed by atoms with Crippen LogP contribution in [-0.2, 0) is 6.61 Å². The summed E-state index contributed by atoms with van der Waals surface area (Å²) in [5.74, 6) is 0.739. The predicted octanol–water partition coefficient (Wildman–Crippen LogP) is 4.93. The molecule has 29 heavy (non-hydrogen) atoms. The van der Waals surface area contributed by atoms with Gasteiger partial charge in [-0.2, -0.15) is 5.26 Å². The molecule has 2 aromatic carbocycles. The maximum absolute atomic E-state index is 9.66. The van der Waals surface area contributed by atoms with Crippen LogP contribution in [0.5, 0.6) is 11.6 Å². The zero-order valence-electron chi connectivity index (χ0n) is 15.4. The van der Waals surface area contributed by atoms with E-state index in [1.54, 1.807) is 0 Å². The fourth-order valence-electron chi connectivity index (χ4n) is 3.32. The molecule has 0 saturated heterocycles. The highest BCUT2D eigenvalue weighted by Crippen LogP contribution is 2.44. The zero-order chi connectivity index (χ0) is 20.5. The van der Waals surface area contributed by atoms with Crippen LogP contribution < -0.4 is 15.2 Å². The van der Waals surface area contributed by atoms with Crippen molar-refractivity contribution in [2.75, 3.05) is 0 Å². The number of aryl methyl sites for hydroxylation is 1. The summed E-state index contributed by atoms with van der Waals surface area (Å²) in [7, 11) is 0. The number of nitrogens with one attached hydrogen (secondary N) is 1. The molecule has 1 aliphatic heterocycles. The first-order chi connectivity index (χ1) is 14.0. The molecule has 0 aliphatic carbocycles. The number of hydrogen-bond acceptors (Lipinski definition) is 5. The van der Waals surface area contributed by atoms with E-state index in [4.69, 9.17) is 26.8 Å². The normalized spacial score (nSPS) is 15.4. The lowest BCUT2D eigenvalue weighted by Gasteiger charge is -2.24. The molecule has 3 aromatic rings. The summed E-state index contributed by atoms with van der Waals surface area (Å²) in [6.07, 6.45) is 0. The van der Waals surface area contributed by atoms with E-state index < -0.39 is 0 Å². The molecule has 0 bridgehead atoms. The van der Waals surface area contributed by atoms with Gasteiger partial charge in [0.1, 0.15) is 24.0 Å². The molecule has 4 rings (SSSR count). The van der Waals surface area contributed by atoms with Gasteiger partial charge < -0.3 is 15.2 Å². The maximum atomic E-state index is 9.66. The number of rotatable bonds is 4. The highest BCUT2D eigenvalue weighted by molar-refractivity contribution is 9.10. The number of nitrogens with two attached hydrogens (primary N) is 1. The van der Waals surface area contributed by atoms with Gasteiger partial charge in [0.15, 0.2) is 0 Å². The van der Waals surface area contributed by atoms with Crippen LogP contribution >= 0.6 is 27.5 Å². The third-order valence-electron chi connectivity index (χ3n) is 4.76. The third kappa shape index (κ3) is 3.57. The summed E-state index contributed by atoms with van der Waals surface area (Å²) < 4.78 is 12.2. The number of benzene rings is 2. The van der Waals surface area contributed by atoms with Crippen LogP contribution in [0.3, 0.4) is 0 Å². The van der Waals surface area contributed by atoms with Gasteiger partial charge in [-0.1, -0.05) is 35.9 Å². The van der Waals surface area contributed by atoms with Crippen molar-refractivity contribution in [3.05, 3.63) is 85.8 Å². The van der Waals surface area contributed by atoms with Gasteiger partial charge in [-0.05, 0) is 46.6 Å². The van der Waals surface area contributed by atoms with Crippen molar-refractivity contribution in [2.24, 2.45) is 5.73 Å². The Labute approximate surface area is 181 Å². The second-order valence-electron chi connectivity index (χ2n) is 6.56. The molecule has 6 nitrogen and oxygen atoms in total.